The molecule has 0 fully saturated rings. The van der Waals surface area contributed by atoms with Gasteiger partial charge in [0.1, 0.15) is 5.01 Å². The highest BCUT2D eigenvalue weighted by molar-refractivity contribution is 7.15. The fourth-order valence-electron chi connectivity index (χ4n) is 2.44. The Bertz CT molecular complexity index is 634. The van der Waals surface area contributed by atoms with E-state index in [4.69, 9.17) is 5.73 Å². The topological polar surface area (TPSA) is 80.9 Å². The molecule has 0 spiro atoms. The van der Waals surface area contributed by atoms with Crippen molar-refractivity contribution < 1.29 is 4.79 Å². The van der Waals surface area contributed by atoms with E-state index < -0.39 is 0 Å². The van der Waals surface area contributed by atoms with E-state index in [1.807, 2.05) is 12.3 Å². The second kappa shape index (κ2) is 5.49. The molecule has 2 aromatic rings. The van der Waals surface area contributed by atoms with Crippen LogP contribution in [0, 0.1) is 0 Å². The molecule has 1 aliphatic carbocycles. The van der Waals surface area contributed by atoms with Crippen LogP contribution in [0.25, 0.3) is 0 Å². The fraction of sp³-hybridized carbons (Fsp3) is 0.462. The number of hydrogen-bond donors (Lipinski definition) is 2. The summed E-state index contributed by atoms with van der Waals surface area (Å²) in [5.74, 6) is -0.0225. The lowest BCUT2D eigenvalue weighted by molar-refractivity contribution is 0.0939. The maximum Gasteiger partial charge on any atom is 0.252 e. The molecule has 0 unspecified atom stereocenters. The van der Waals surface area contributed by atoms with E-state index >= 15 is 0 Å². The van der Waals surface area contributed by atoms with Crippen molar-refractivity contribution >= 4 is 33.7 Å². The number of thiophene rings is 1. The summed E-state index contributed by atoms with van der Waals surface area (Å²) in [5.41, 5.74) is 7.63. The zero-order valence-electron chi connectivity index (χ0n) is 11.2. The van der Waals surface area contributed by atoms with E-state index in [1.54, 1.807) is 11.3 Å². The summed E-state index contributed by atoms with van der Waals surface area (Å²) < 4.78 is 0. The van der Waals surface area contributed by atoms with E-state index in [2.05, 4.69) is 15.5 Å². The number of nitrogen functional groups attached to an aromatic ring is 1. The minimum atomic E-state index is -0.170. The Morgan fingerprint density at radius 1 is 1.40 bits per heavy atom. The Morgan fingerprint density at radius 3 is 2.95 bits per heavy atom. The Balaban J connectivity index is 1.75. The molecular formula is C13H16N4OS2. The zero-order valence-corrected chi connectivity index (χ0v) is 12.8. The lowest BCUT2D eigenvalue weighted by Crippen LogP contribution is -2.27. The largest absolute Gasteiger partial charge is 0.374 e. The van der Waals surface area contributed by atoms with Crippen LogP contribution in [0.1, 0.15) is 51.6 Å². The first-order valence-corrected chi connectivity index (χ1v) is 8.33. The predicted molar refractivity (Wildman–Crippen MR) is 81.2 cm³/mol. The molecule has 7 heteroatoms. The van der Waals surface area contributed by atoms with Crippen LogP contribution in [0.5, 0.6) is 0 Å². The maximum absolute atomic E-state index is 12.4. The number of aromatic nitrogens is 2. The van der Waals surface area contributed by atoms with E-state index in [0.29, 0.717) is 5.13 Å². The molecule has 0 saturated heterocycles. The number of carbonyl (C=O) groups is 1. The van der Waals surface area contributed by atoms with Crippen molar-refractivity contribution in [2.75, 3.05) is 5.73 Å². The summed E-state index contributed by atoms with van der Waals surface area (Å²) in [7, 11) is 0. The molecule has 3 rings (SSSR count). The summed E-state index contributed by atoms with van der Waals surface area (Å²) in [6.07, 6.45) is 4.53. The van der Waals surface area contributed by atoms with Crippen molar-refractivity contribution in [2.24, 2.45) is 0 Å². The van der Waals surface area contributed by atoms with Gasteiger partial charge in [0, 0.05) is 10.3 Å². The number of carbonyl (C=O) groups excluding carboxylic acids is 1. The van der Waals surface area contributed by atoms with Crippen LogP contribution < -0.4 is 11.1 Å². The SMILES string of the molecule is C[C@@H](NC(=O)c1csc2c1CCCC2)c1nnc(N)s1. The molecular weight excluding hydrogens is 292 g/mol. The number of fused-ring (bicyclic) bond motifs is 1. The number of rotatable bonds is 3. The number of nitrogens with two attached hydrogens (primary N) is 1. The first-order valence-electron chi connectivity index (χ1n) is 6.64. The molecule has 20 heavy (non-hydrogen) atoms. The van der Waals surface area contributed by atoms with Crippen LogP contribution in [0.2, 0.25) is 0 Å². The molecule has 1 atom stereocenters. The van der Waals surface area contributed by atoms with Crippen molar-refractivity contribution in [1.82, 2.24) is 15.5 Å². The summed E-state index contributed by atoms with van der Waals surface area (Å²) >= 11 is 3.01. The van der Waals surface area contributed by atoms with E-state index in [1.165, 1.54) is 34.6 Å². The average molecular weight is 308 g/mol. The molecule has 0 aromatic carbocycles. The first kappa shape index (κ1) is 13.5. The number of aryl methyl sites for hydroxylation is 1. The molecule has 2 heterocycles. The Kier molecular flexibility index (Phi) is 3.71. The van der Waals surface area contributed by atoms with Gasteiger partial charge in [-0.15, -0.1) is 21.5 Å². The van der Waals surface area contributed by atoms with E-state index in [9.17, 15) is 4.79 Å². The third-order valence-corrected chi connectivity index (χ3v) is 5.50. The van der Waals surface area contributed by atoms with Crippen LogP contribution in [0.15, 0.2) is 5.38 Å². The van der Waals surface area contributed by atoms with Crippen molar-refractivity contribution in [3.63, 3.8) is 0 Å². The second-order valence-corrected chi connectivity index (χ2v) is 6.94. The number of nitrogens with zero attached hydrogens (tertiary/aromatic N) is 2. The number of hydrogen-bond acceptors (Lipinski definition) is 6. The third kappa shape index (κ3) is 2.55. The molecule has 0 bridgehead atoms. The van der Waals surface area contributed by atoms with Gasteiger partial charge in [-0.25, -0.2) is 0 Å². The van der Waals surface area contributed by atoms with Crippen molar-refractivity contribution in [3.05, 3.63) is 26.4 Å². The lowest BCUT2D eigenvalue weighted by atomic mass is 9.95. The highest BCUT2D eigenvalue weighted by Crippen LogP contribution is 2.30. The number of nitrogens with one attached hydrogen (secondary N) is 1. The standard InChI is InChI=1S/C13H16N4OS2/c1-7(12-16-17-13(14)20-12)15-11(18)9-6-19-10-5-3-2-4-8(9)10/h6-7H,2-5H2,1H3,(H2,14,17)(H,15,18)/t7-/m1/s1. The summed E-state index contributed by atoms with van der Waals surface area (Å²) in [6.45, 7) is 1.90. The van der Waals surface area contributed by atoms with Gasteiger partial charge in [-0.3, -0.25) is 4.79 Å². The minimum Gasteiger partial charge on any atom is -0.374 e. The third-order valence-electron chi connectivity index (χ3n) is 3.48. The molecule has 106 valence electrons. The smallest absolute Gasteiger partial charge is 0.252 e. The van der Waals surface area contributed by atoms with Crippen molar-refractivity contribution in [1.29, 1.82) is 0 Å². The summed E-state index contributed by atoms with van der Waals surface area (Å²) in [5, 5.41) is 13.9. The van der Waals surface area contributed by atoms with Crippen LogP contribution in [-0.4, -0.2) is 16.1 Å². The van der Waals surface area contributed by atoms with Gasteiger partial charge in [0.05, 0.1) is 11.6 Å². The van der Waals surface area contributed by atoms with Crippen LogP contribution in [-0.2, 0) is 12.8 Å². The van der Waals surface area contributed by atoms with Gasteiger partial charge >= 0.3 is 0 Å². The van der Waals surface area contributed by atoms with Crippen LogP contribution in [0.3, 0.4) is 0 Å². The molecule has 5 nitrogen and oxygen atoms in total. The summed E-state index contributed by atoms with van der Waals surface area (Å²) in [4.78, 5) is 13.8. The first-order chi connectivity index (χ1) is 9.65. The normalized spacial score (nSPS) is 15.7. The van der Waals surface area contributed by atoms with Crippen molar-refractivity contribution in [3.8, 4) is 0 Å². The maximum atomic E-state index is 12.4. The molecule has 3 N–H and O–H groups in total. The van der Waals surface area contributed by atoms with E-state index in [-0.39, 0.29) is 11.9 Å². The van der Waals surface area contributed by atoms with Gasteiger partial charge in [-0.1, -0.05) is 11.3 Å². The minimum absolute atomic E-state index is 0.0225. The van der Waals surface area contributed by atoms with E-state index in [0.717, 1.165) is 23.4 Å². The molecule has 0 aliphatic heterocycles. The van der Waals surface area contributed by atoms with Gasteiger partial charge in [-0.05, 0) is 38.2 Å². The van der Waals surface area contributed by atoms with Crippen molar-refractivity contribution in [2.45, 2.75) is 38.6 Å². The molecule has 0 radical (unpaired) electrons. The van der Waals surface area contributed by atoms with Gasteiger partial charge < -0.3 is 11.1 Å². The molecule has 0 saturated carbocycles. The average Bonchev–Trinajstić information content (AvgIpc) is 3.04. The number of amides is 1. The van der Waals surface area contributed by atoms with Gasteiger partial charge in [-0.2, -0.15) is 0 Å². The Labute approximate surface area is 125 Å². The van der Waals surface area contributed by atoms with Crippen LogP contribution in [0.4, 0.5) is 5.13 Å². The molecule has 1 aliphatic rings. The summed E-state index contributed by atoms with van der Waals surface area (Å²) in [6, 6.07) is -0.170. The fourth-order valence-corrected chi connectivity index (χ4v) is 4.18. The number of anilines is 1. The second-order valence-electron chi connectivity index (χ2n) is 4.93. The lowest BCUT2D eigenvalue weighted by Gasteiger charge is -2.14. The Morgan fingerprint density at radius 2 is 2.20 bits per heavy atom. The predicted octanol–water partition coefficient (Wildman–Crippen LogP) is 2.55. The van der Waals surface area contributed by atoms with Gasteiger partial charge in [0.25, 0.3) is 5.91 Å². The Hall–Kier alpha value is -1.47. The highest BCUT2D eigenvalue weighted by Gasteiger charge is 2.22. The molecule has 1 amide bonds. The van der Waals surface area contributed by atoms with Crippen LogP contribution >= 0.6 is 22.7 Å². The quantitative estimate of drug-likeness (QED) is 0.913. The highest BCUT2D eigenvalue weighted by atomic mass is 32.1. The van der Waals surface area contributed by atoms with Gasteiger partial charge in [0.15, 0.2) is 0 Å². The monoisotopic (exact) mass is 308 g/mol. The van der Waals surface area contributed by atoms with Gasteiger partial charge in [0.2, 0.25) is 5.13 Å². The zero-order chi connectivity index (χ0) is 14.1. The molecule has 2 aromatic heterocycles.